The first-order valence-corrected chi connectivity index (χ1v) is 10.2. The van der Waals surface area contributed by atoms with E-state index in [1.54, 1.807) is 42.5 Å². The average Bonchev–Trinajstić information content (AvgIpc) is 2.77. The van der Waals surface area contributed by atoms with E-state index in [2.05, 4.69) is 21.2 Å². The molecule has 0 aliphatic carbocycles. The molecular formula is C23H18Cl2N4O3. The summed E-state index contributed by atoms with van der Waals surface area (Å²) in [6.07, 6.45) is 1.23. The van der Waals surface area contributed by atoms with Gasteiger partial charge in [-0.25, -0.2) is 5.43 Å². The van der Waals surface area contributed by atoms with Crippen molar-refractivity contribution in [2.75, 3.05) is 10.6 Å². The van der Waals surface area contributed by atoms with Crippen molar-refractivity contribution in [3.63, 3.8) is 0 Å². The Balaban J connectivity index is 1.66. The van der Waals surface area contributed by atoms with Gasteiger partial charge < -0.3 is 10.6 Å². The Morgan fingerprint density at radius 3 is 2.16 bits per heavy atom. The SMILES string of the molecule is Cc1ccc(NC(=O)c2ccccc2NC(=O)C(=O)N/N=C\c2c(Cl)cccc2Cl)cc1. The highest BCUT2D eigenvalue weighted by Gasteiger charge is 2.18. The van der Waals surface area contributed by atoms with Crippen LogP contribution in [0.15, 0.2) is 71.8 Å². The molecule has 0 saturated carbocycles. The normalized spacial score (nSPS) is 10.6. The number of aryl methyl sites for hydroxylation is 1. The fourth-order valence-electron chi connectivity index (χ4n) is 2.64. The van der Waals surface area contributed by atoms with Gasteiger partial charge in [-0.05, 0) is 43.3 Å². The molecule has 3 amide bonds. The molecule has 3 aromatic rings. The number of nitrogens with one attached hydrogen (secondary N) is 3. The number of rotatable bonds is 5. The van der Waals surface area contributed by atoms with E-state index in [-0.39, 0.29) is 11.3 Å². The Kier molecular flexibility index (Phi) is 7.59. The maximum absolute atomic E-state index is 12.7. The molecule has 162 valence electrons. The van der Waals surface area contributed by atoms with Crippen LogP contribution < -0.4 is 16.1 Å². The van der Waals surface area contributed by atoms with Crippen molar-refractivity contribution in [2.45, 2.75) is 6.92 Å². The molecule has 32 heavy (non-hydrogen) atoms. The van der Waals surface area contributed by atoms with Gasteiger partial charge in [-0.1, -0.05) is 59.1 Å². The summed E-state index contributed by atoms with van der Waals surface area (Å²) < 4.78 is 0. The highest BCUT2D eigenvalue weighted by molar-refractivity contribution is 6.40. The van der Waals surface area contributed by atoms with Crippen molar-refractivity contribution in [2.24, 2.45) is 5.10 Å². The van der Waals surface area contributed by atoms with Crippen LogP contribution >= 0.6 is 23.2 Å². The quantitative estimate of drug-likeness (QED) is 0.288. The highest BCUT2D eigenvalue weighted by atomic mass is 35.5. The summed E-state index contributed by atoms with van der Waals surface area (Å²) in [5.74, 6) is -2.46. The Bertz CT molecular complexity index is 1170. The minimum Gasteiger partial charge on any atom is -0.322 e. The van der Waals surface area contributed by atoms with Gasteiger partial charge in [-0.3, -0.25) is 14.4 Å². The minimum absolute atomic E-state index is 0.176. The predicted octanol–water partition coefficient (Wildman–Crippen LogP) is 4.64. The number of para-hydroxylation sites is 1. The van der Waals surface area contributed by atoms with Crippen molar-refractivity contribution in [1.82, 2.24) is 5.43 Å². The Hall–Kier alpha value is -3.68. The van der Waals surface area contributed by atoms with E-state index in [1.807, 2.05) is 19.1 Å². The van der Waals surface area contributed by atoms with Crippen LogP contribution in [0.1, 0.15) is 21.5 Å². The minimum atomic E-state index is -1.03. The van der Waals surface area contributed by atoms with Gasteiger partial charge in [0.05, 0.1) is 27.5 Å². The maximum Gasteiger partial charge on any atom is 0.329 e. The third-order valence-corrected chi connectivity index (χ3v) is 4.95. The molecular weight excluding hydrogens is 451 g/mol. The lowest BCUT2D eigenvalue weighted by Gasteiger charge is -2.11. The number of amides is 3. The van der Waals surface area contributed by atoms with Crippen LogP contribution in [0.2, 0.25) is 10.0 Å². The van der Waals surface area contributed by atoms with Crippen LogP contribution in [-0.4, -0.2) is 23.9 Å². The van der Waals surface area contributed by atoms with Gasteiger partial charge in [0.2, 0.25) is 0 Å². The summed E-state index contributed by atoms with van der Waals surface area (Å²) in [5, 5.41) is 9.57. The molecule has 0 bridgehead atoms. The number of hydrazone groups is 1. The van der Waals surface area contributed by atoms with Crippen LogP contribution in [0, 0.1) is 6.92 Å². The zero-order valence-corrected chi connectivity index (χ0v) is 18.4. The zero-order valence-electron chi connectivity index (χ0n) is 16.9. The number of halogens is 2. The van der Waals surface area contributed by atoms with Crippen molar-refractivity contribution in [3.05, 3.63) is 93.5 Å². The van der Waals surface area contributed by atoms with Crippen LogP contribution in [-0.2, 0) is 9.59 Å². The number of benzene rings is 3. The third kappa shape index (κ3) is 5.94. The predicted molar refractivity (Wildman–Crippen MR) is 126 cm³/mol. The maximum atomic E-state index is 12.7. The van der Waals surface area contributed by atoms with Crippen molar-refractivity contribution >= 4 is 58.5 Å². The fourth-order valence-corrected chi connectivity index (χ4v) is 3.14. The molecule has 0 spiro atoms. The third-order valence-electron chi connectivity index (χ3n) is 4.30. The van der Waals surface area contributed by atoms with E-state index >= 15 is 0 Å². The first-order valence-electron chi connectivity index (χ1n) is 9.40. The molecule has 3 rings (SSSR count). The second kappa shape index (κ2) is 10.6. The molecule has 0 saturated heterocycles. The lowest BCUT2D eigenvalue weighted by atomic mass is 10.1. The number of hydrogen-bond donors (Lipinski definition) is 3. The number of anilines is 2. The van der Waals surface area contributed by atoms with Gasteiger partial charge in [0, 0.05) is 11.3 Å². The van der Waals surface area contributed by atoms with Crippen molar-refractivity contribution in [3.8, 4) is 0 Å². The summed E-state index contributed by atoms with van der Waals surface area (Å²) in [7, 11) is 0. The van der Waals surface area contributed by atoms with Gasteiger partial charge in [0.1, 0.15) is 0 Å². The van der Waals surface area contributed by atoms with Crippen LogP contribution in [0.5, 0.6) is 0 Å². The Labute approximate surface area is 194 Å². The highest BCUT2D eigenvalue weighted by Crippen LogP contribution is 2.22. The van der Waals surface area contributed by atoms with E-state index in [0.717, 1.165) is 5.56 Å². The van der Waals surface area contributed by atoms with Gasteiger partial charge in [0.15, 0.2) is 0 Å². The van der Waals surface area contributed by atoms with Crippen molar-refractivity contribution in [1.29, 1.82) is 0 Å². The first kappa shape index (κ1) is 23.0. The molecule has 7 nitrogen and oxygen atoms in total. The standard InChI is InChI=1S/C23H18Cl2N4O3/c1-14-9-11-15(12-10-14)27-21(30)16-5-2-3-8-20(16)28-22(31)23(32)29-26-13-17-18(24)6-4-7-19(17)25/h2-13H,1H3,(H,27,30)(H,28,31)(H,29,32)/b26-13-. The molecule has 3 N–H and O–H groups in total. The molecule has 0 heterocycles. The van der Waals surface area contributed by atoms with Gasteiger partial charge in [0.25, 0.3) is 5.91 Å². The molecule has 3 aromatic carbocycles. The fraction of sp³-hybridized carbons (Fsp3) is 0.0435. The number of nitrogens with zero attached hydrogens (tertiary/aromatic N) is 1. The van der Waals surface area contributed by atoms with Crippen LogP contribution in [0.4, 0.5) is 11.4 Å². The number of carbonyl (C=O) groups excluding carboxylic acids is 3. The summed E-state index contributed by atoms with van der Waals surface area (Å²) in [6.45, 7) is 1.94. The summed E-state index contributed by atoms with van der Waals surface area (Å²) in [5.41, 5.74) is 4.53. The number of hydrogen-bond acceptors (Lipinski definition) is 4. The summed E-state index contributed by atoms with van der Waals surface area (Å²) in [4.78, 5) is 37.0. The van der Waals surface area contributed by atoms with Gasteiger partial charge in [-0.15, -0.1) is 0 Å². The molecule has 0 aliphatic heterocycles. The molecule has 0 aromatic heterocycles. The average molecular weight is 469 g/mol. The topological polar surface area (TPSA) is 99.7 Å². The van der Waals surface area contributed by atoms with Crippen LogP contribution in [0.3, 0.4) is 0 Å². The second-order valence-corrected chi connectivity index (χ2v) is 7.47. The molecule has 0 radical (unpaired) electrons. The lowest BCUT2D eigenvalue weighted by molar-refractivity contribution is -0.136. The molecule has 0 aliphatic rings. The number of carbonyl (C=O) groups is 3. The smallest absolute Gasteiger partial charge is 0.322 e. The second-order valence-electron chi connectivity index (χ2n) is 6.65. The Morgan fingerprint density at radius 1 is 0.812 bits per heavy atom. The largest absolute Gasteiger partial charge is 0.329 e. The Morgan fingerprint density at radius 2 is 1.47 bits per heavy atom. The van der Waals surface area contributed by atoms with E-state index < -0.39 is 17.7 Å². The van der Waals surface area contributed by atoms with E-state index in [1.165, 1.54) is 18.3 Å². The van der Waals surface area contributed by atoms with Crippen molar-refractivity contribution < 1.29 is 14.4 Å². The van der Waals surface area contributed by atoms with Gasteiger partial charge in [-0.2, -0.15) is 5.10 Å². The molecule has 0 atom stereocenters. The zero-order chi connectivity index (χ0) is 23.1. The van der Waals surface area contributed by atoms with Crippen LogP contribution in [0.25, 0.3) is 0 Å². The lowest BCUT2D eigenvalue weighted by Crippen LogP contribution is -2.33. The van der Waals surface area contributed by atoms with E-state index in [9.17, 15) is 14.4 Å². The molecule has 9 heteroatoms. The summed E-state index contributed by atoms with van der Waals surface area (Å²) >= 11 is 12.0. The van der Waals surface area contributed by atoms with E-state index in [0.29, 0.717) is 21.3 Å². The summed E-state index contributed by atoms with van der Waals surface area (Å²) in [6, 6.07) is 18.5. The molecule has 0 unspecified atom stereocenters. The monoisotopic (exact) mass is 468 g/mol. The van der Waals surface area contributed by atoms with E-state index in [4.69, 9.17) is 23.2 Å². The first-order chi connectivity index (χ1) is 15.3. The van der Waals surface area contributed by atoms with Gasteiger partial charge >= 0.3 is 11.8 Å². The molecule has 0 fully saturated rings.